The second kappa shape index (κ2) is 6.04. The number of nitrogen functional groups attached to an aromatic ring is 1. The Morgan fingerprint density at radius 2 is 1.57 bits per heavy atom. The molecule has 2 N–H and O–H groups in total. The van der Waals surface area contributed by atoms with Gasteiger partial charge in [0.25, 0.3) is 0 Å². The summed E-state index contributed by atoms with van der Waals surface area (Å²) >= 11 is 0. The first-order valence-corrected chi connectivity index (χ1v) is 7.24. The van der Waals surface area contributed by atoms with Crippen LogP contribution in [0.3, 0.4) is 0 Å². The molecule has 0 bridgehead atoms. The Hall–Kier alpha value is -2.95. The Balaban J connectivity index is 2.03. The molecule has 0 fully saturated rings. The summed E-state index contributed by atoms with van der Waals surface area (Å²) in [7, 11) is 5.22. The lowest BCUT2D eigenvalue weighted by Crippen LogP contribution is -2.11. The average molecular weight is 309 g/mol. The van der Waals surface area contributed by atoms with E-state index in [-0.39, 0.29) is 0 Å². The number of ether oxygens (including phenoxy) is 2. The summed E-state index contributed by atoms with van der Waals surface area (Å²) in [5.41, 5.74) is 8.35. The lowest BCUT2D eigenvalue weighted by Gasteiger charge is -2.19. The van der Waals surface area contributed by atoms with Crippen molar-refractivity contribution in [1.82, 2.24) is 4.98 Å². The van der Waals surface area contributed by atoms with Crippen molar-refractivity contribution in [1.29, 1.82) is 0 Å². The third-order valence-electron chi connectivity index (χ3n) is 3.80. The third-order valence-corrected chi connectivity index (χ3v) is 3.80. The number of anilines is 3. The minimum Gasteiger partial charge on any atom is -0.493 e. The molecular weight excluding hydrogens is 290 g/mol. The standard InChI is InChI=1S/C18H19N3O2/c1-21(14-7-5-13(19)6-8-14)18-9-4-12-10-16(22-2)17(23-3)11-15(12)20-18/h4-11H,19H2,1-3H3. The summed E-state index contributed by atoms with van der Waals surface area (Å²) in [6.07, 6.45) is 0. The summed E-state index contributed by atoms with van der Waals surface area (Å²) in [6.45, 7) is 0. The number of hydrogen-bond acceptors (Lipinski definition) is 5. The minimum atomic E-state index is 0.666. The van der Waals surface area contributed by atoms with E-state index in [0.717, 1.165) is 28.1 Å². The van der Waals surface area contributed by atoms with E-state index in [1.807, 2.05) is 60.5 Å². The molecule has 0 saturated heterocycles. The number of nitrogens with zero attached hydrogens (tertiary/aromatic N) is 2. The Morgan fingerprint density at radius 1 is 0.913 bits per heavy atom. The SMILES string of the molecule is COc1cc2ccc(N(C)c3ccc(N)cc3)nc2cc1OC. The number of methoxy groups -OCH3 is 2. The molecule has 1 aromatic heterocycles. The predicted octanol–water partition coefficient (Wildman–Crippen LogP) is 3.60. The van der Waals surface area contributed by atoms with Crippen molar-refractivity contribution >= 4 is 28.1 Å². The summed E-state index contributed by atoms with van der Waals surface area (Å²) in [5.74, 6) is 2.20. The van der Waals surface area contributed by atoms with Crippen molar-refractivity contribution in [3.05, 3.63) is 48.5 Å². The van der Waals surface area contributed by atoms with Gasteiger partial charge in [-0.1, -0.05) is 0 Å². The highest BCUT2D eigenvalue weighted by molar-refractivity contribution is 5.84. The first-order valence-electron chi connectivity index (χ1n) is 7.24. The van der Waals surface area contributed by atoms with E-state index in [4.69, 9.17) is 20.2 Å². The molecular formula is C18H19N3O2. The van der Waals surface area contributed by atoms with Crippen LogP contribution >= 0.6 is 0 Å². The van der Waals surface area contributed by atoms with Crippen LogP contribution in [0.25, 0.3) is 10.9 Å². The zero-order valence-corrected chi connectivity index (χ0v) is 13.4. The number of fused-ring (bicyclic) bond motifs is 1. The van der Waals surface area contributed by atoms with Crippen LogP contribution < -0.4 is 20.1 Å². The van der Waals surface area contributed by atoms with Crippen molar-refractivity contribution in [2.75, 3.05) is 31.9 Å². The van der Waals surface area contributed by atoms with E-state index in [1.54, 1.807) is 14.2 Å². The number of benzene rings is 2. The molecule has 5 heteroatoms. The summed E-state index contributed by atoms with van der Waals surface area (Å²) in [6, 6.07) is 15.5. The molecule has 0 aliphatic carbocycles. The van der Waals surface area contributed by atoms with Crippen molar-refractivity contribution in [2.24, 2.45) is 0 Å². The highest BCUT2D eigenvalue weighted by Gasteiger charge is 2.10. The predicted molar refractivity (Wildman–Crippen MR) is 93.8 cm³/mol. The van der Waals surface area contributed by atoms with Crippen LogP contribution in [0, 0.1) is 0 Å². The van der Waals surface area contributed by atoms with Crippen molar-refractivity contribution < 1.29 is 9.47 Å². The fourth-order valence-electron chi connectivity index (χ4n) is 2.46. The maximum atomic E-state index is 5.74. The molecule has 23 heavy (non-hydrogen) atoms. The Morgan fingerprint density at radius 3 is 2.22 bits per heavy atom. The van der Waals surface area contributed by atoms with Gasteiger partial charge in [0, 0.05) is 29.9 Å². The summed E-state index contributed by atoms with van der Waals surface area (Å²) in [4.78, 5) is 6.73. The maximum Gasteiger partial charge on any atom is 0.162 e. The van der Waals surface area contributed by atoms with E-state index in [2.05, 4.69) is 0 Å². The van der Waals surface area contributed by atoms with Crippen LogP contribution in [0.5, 0.6) is 11.5 Å². The van der Waals surface area contributed by atoms with Crippen LogP contribution in [0.1, 0.15) is 0 Å². The Bertz CT molecular complexity index is 832. The van der Waals surface area contributed by atoms with Gasteiger partial charge in [0.1, 0.15) is 5.82 Å². The van der Waals surface area contributed by atoms with E-state index in [0.29, 0.717) is 11.5 Å². The van der Waals surface area contributed by atoms with Crippen LogP contribution in [0.4, 0.5) is 17.2 Å². The van der Waals surface area contributed by atoms with Crippen LogP contribution in [-0.4, -0.2) is 26.3 Å². The minimum absolute atomic E-state index is 0.666. The van der Waals surface area contributed by atoms with Gasteiger partial charge in [-0.25, -0.2) is 4.98 Å². The topological polar surface area (TPSA) is 60.6 Å². The number of rotatable bonds is 4. The summed E-state index contributed by atoms with van der Waals surface area (Å²) < 4.78 is 10.7. The molecule has 0 aliphatic heterocycles. The Labute approximate surface area is 135 Å². The van der Waals surface area contributed by atoms with E-state index in [9.17, 15) is 0 Å². The fourth-order valence-corrected chi connectivity index (χ4v) is 2.46. The molecule has 118 valence electrons. The number of pyridine rings is 1. The van der Waals surface area contributed by atoms with E-state index >= 15 is 0 Å². The largest absolute Gasteiger partial charge is 0.493 e. The maximum absolute atomic E-state index is 5.74. The highest BCUT2D eigenvalue weighted by atomic mass is 16.5. The number of aromatic nitrogens is 1. The molecule has 0 amide bonds. The van der Waals surface area contributed by atoms with Crippen molar-refractivity contribution in [3.8, 4) is 11.5 Å². The van der Waals surface area contributed by atoms with Crippen LogP contribution in [0.15, 0.2) is 48.5 Å². The highest BCUT2D eigenvalue weighted by Crippen LogP contribution is 2.33. The van der Waals surface area contributed by atoms with Gasteiger partial charge in [-0.05, 0) is 42.5 Å². The monoisotopic (exact) mass is 309 g/mol. The second-order valence-corrected chi connectivity index (χ2v) is 5.22. The first-order chi connectivity index (χ1) is 11.1. The smallest absolute Gasteiger partial charge is 0.162 e. The Kier molecular flexibility index (Phi) is 3.93. The third kappa shape index (κ3) is 2.85. The molecule has 0 spiro atoms. The molecule has 2 aromatic carbocycles. The van der Waals surface area contributed by atoms with Gasteiger partial charge in [0.15, 0.2) is 11.5 Å². The zero-order valence-electron chi connectivity index (χ0n) is 13.4. The molecule has 0 unspecified atom stereocenters. The molecule has 3 aromatic rings. The van der Waals surface area contributed by atoms with Crippen molar-refractivity contribution in [2.45, 2.75) is 0 Å². The van der Waals surface area contributed by atoms with Gasteiger partial charge in [-0.15, -0.1) is 0 Å². The van der Waals surface area contributed by atoms with Gasteiger partial charge in [-0.2, -0.15) is 0 Å². The van der Waals surface area contributed by atoms with Crippen LogP contribution in [0.2, 0.25) is 0 Å². The van der Waals surface area contributed by atoms with Gasteiger partial charge >= 0.3 is 0 Å². The second-order valence-electron chi connectivity index (χ2n) is 5.22. The number of hydrogen-bond donors (Lipinski definition) is 1. The molecule has 5 nitrogen and oxygen atoms in total. The van der Waals surface area contributed by atoms with Gasteiger partial charge in [0.2, 0.25) is 0 Å². The lowest BCUT2D eigenvalue weighted by molar-refractivity contribution is 0.356. The quantitative estimate of drug-likeness (QED) is 0.746. The summed E-state index contributed by atoms with van der Waals surface area (Å²) in [5, 5.41) is 0.997. The molecule has 3 rings (SSSR count). The first kappa shape index (κ1) is 15.0. The molecule has 1 heterocycles. The molecule has 0 atom stereocenters. The van der Waals surface area contributed by atoms with Crippen LogP contribution in [-0.2, 0) is 0 Å². The van der Waals surface area contributed by atoms with Gasteiger partial charge < -0.3 is 20.1 Å². The van der Waals surface area contributed by atoms with E-state index < -0.39 is 0 Å². The fraction of sp³-hybridized carbons (Fsp3) is 0.167. The molecule has 0 radical (unpaired) electrons. The van der Waals surface area contributed by atoms with E-state index in [1.165, 1.54) is 0 Å². The lowest BCUT2D eigenvalue weighted by atomic mass is 10.2. The molecule has 0 saturated carbocycles. The normalized spacial score (nSPS) is 10.6. The zero-order chi connectivity index (χ0) is 16.4. The average Bonchev–Trinajstić information content (AvgIpc) is 2.60. The molecule has 0 aliphatic rings. The van der Waals surface area contributed by atoms with Crippen molar-refractivity contribution in [3.63, 3.8) is 0 Å². The van der Waals surface area contributed by atoms with Gasteiger partial charge in [0.05, 0.1) is 19.7 Å². The van der Waals surface area contributed by atoms with Gasteiger partial charge in [-0.3, -0.25) is 0 Å². The number of nitrogens with two attached hydrogens (primary N) is 1.